The molecule has 0 saturated heterocycles. The van der Waals surface area contributed by atoms with E-state index in [1.165, 1.54) is 12.3 Å². The summed E-state index contributed by atoms with van der Waals surface area (Å²) in [6, 6.07) is 11.8. The van der Waals surface area contributed by atoms with Crippen LogP contribution >= 0.6 is 11.8 Å². The van der Waals surface area contributed by atoms with Gasteiger partial charge < -0.3 is 24.5 Å². The summed E-state index contributed by atoms with van der Waals surface area (Å²) in [5, 5.41) is 15.5. The highest BCUT2D eigenvalue weighted by Crippen LogP contribution is 2.49. The van der Waals surface area contributed by atoms with E-state index >= 15 is 0 Å². The first-order valence-corrected chi connectivity index (χ1v) is 12.1. The highest BCUT2D eigenvalue weighted by atomic mass is 32.2. The molecule has 0 bridgehead atoms. The van der Waals surface area contributed by atoms with E-state index in [1.807, 2.05) is 6.92 Å². The van der Waals surface area contributed by atoms with E-state index in [0.29, 0.717) is 27.5 Å². The van der Waals surface area contributed by atoms with Crippen LogP contribution in [0, 0.1) is 6.92 Å². The van der Waals surface area contributed by atoms with E-state index in [0.717, 1.165) is 17.5 Å². The lowest BCUT2D eigenvalue weighted by Gasteiger charge is -2.39. The van der Waals surface area contributed by atoms with Gasteiger partial charge in [-0.2, -0.15) is 13.2 Å². The van der Waals surface area contributed by atoms with E-state index in [4.69, 9.17) is 9.47 Å². The van der Waals surface area contributed by atoms with Gasteiger partial charge in [0.1, 0.15) is 0 Å². The molecule has 0 aliphatic carbocycles. The number of anilines is 1. The number of nitrogens with zero attached hydrogens (tertiary/aromatic N) is 3. The Hall–Kier alpha value is -3.44. The van der Waals surface area contributed by atoms with Crippen LogP contribution in [0.5, 0.6) is 11.5 Å². The van der Waals surface area contributed by atoms with Gasteiger partial charge in [-0.05, 0) is 37.3 Å². The van der Waals surface area contributed by atoms with Crippen molar-refractivity contribution in [1.29, 1.82) is 0 Å². The number of hydrogen-bond donors (Lipinski definition) is 2. The van der Waals surface area contributed by atoms with Crippen molar-refractivity contribution in [3.8, 4) is 11.5 Å². The number of hydrogen-bond acceptors (Lipinski definition) is 7. The van der Waals surface area contributed by atoms with Crippen LogP contribution in [-0.4, -0.2) is 44.0 Å². The van der Waals surface area contributed by atoms with Crippen molar-refractivity contribution < 1.29 is 27.8 Å². The summed E-state index contributed by atoms with van der Waals surface area (Å²) >= 11 is 0.817. The molecule has 188 valence electrons. The largest absolute Gasteiger partial charge is 0.454 e. The highest BCUT2D eigenvalue weighted by molar-refractivity contribution is 7.99. The fourth-order valence-corrected chi connectivity index (χ4v) is 5.25. The van der Waals surface area contributed by atoms with E-state index in [9.17, 15) is 18.3 Å². The molecule has 0 saturated carbocycles. The van der Waals surface area contributed by atoms with Crippen molar-refractivity contribution in [3.05, 3.63) is 72.2 Å². The maximum atomic E-state index is 14.8. The molecule has 0 amide bonds. The number of aryl methyl sites for hydroxylation is 2. The molecule has 5 rings (SSSR count). The van der Waals surface area contributed by atoms with Crippen LogP contribution < -0.4 is 14.8 Å². The normalized spacial score (nSPS) is 15.6. The third-order valence-corrected chi connectivity index (χ3v) is 7.31. The molecule has 2 N–H and O–H groups in total. The molecular formula is C25H23F3N4O3S. The lowest BCUT2D eigenvalue weighted by atomic mass is 9.88. The summed E-state index contributed by atoms with van der Waals surface area (Å²) in [5.74, 6) is -0.240. The number of alkyl halides is 3. The molecule has 36 heavy (non-hydrogen) atoms. The minimum atomic E-state index is -5.01. The van der Waals surface area contributed by atoms with E-state index < -0.39 is 23.6 Å². The number of halogens is 3. The maximum Gasteiger partial charge on any atom is 0.420 e. The number of pyridine rings is 1. The molecule has 0 fully saturated rings. The average molecular weight is 517 g/mol. The minimum Gasteiger partial charge on any atom is -0.454 e. The number of benzene rings is 2. The molecule has 4 aromatic rings. The lowest BCUT2D eigenvalue weighted by Crippen LogP contribution is -2.54. The zero-order valence-corrected chi connectivity index (χ0v) is 20.2. The molecule has 1 aliphatic rings. The second-order valence-electron chi connectivity index (χ2n) is 8.51. The molecule has 11 heteroatoms. The van der Waals surface area contributed by atoms with E-state index in [2.05, 4.69) is 15.3 Å². The van der Waals surface area contributed by atoms with Crippen LogP contribution in [0.4, 0.5) is 18.9 Å². The Bertz CT molecular complexity index is 1410. The van der Waals surface area contributed by atoms with Gasteiger partial charge >= 0.3 is 6.18 Å². The Morgan fingerprint density at radius 2 is 1.94 bits per heavy atom. The van der Waals surface area contributed by atoms with Gasteiger partial charge in [0, 0.05) is 47.5 Å². The van der Waals surface area contributed by atoms with Crippen LogP contribution in [0.2, 0.25) is 0 Å². The van der Waals surface area contributed by atoms with Crippen molar-refractivity contribution in [2.24, 2.45) is 7.05 Å². The molecule has 7 nitrogen and oxygen atoms in total. The van der Waals surface area contributed by atoms with Gasteiger partial charge in [0.25, 0.3) is 0 Å². The molecule has 1 aliphatic heterocycles. The number of thioether (sulfide) groups is 1. The number of rotatable bonds is 7. The number of aromatic nitrogens is 3. The number of nitrogens with one attached hydrogen (secondary N) is 1. The Kier molecular flexibility index (Phi) is 6.21. The molecule has 2 atom stereocenters. The van der Waals surface area contributed by atoms with Crippen LogP contribution in [0.3, 0.4) is 0 Å². The first-order valence-electron chi connectivity index (χ1n) is 11.1. The second-order valence-corrected chi connectivity index (χ2v) is 9.46. The number of para-hydroxylation sites is 1. The van der Waals surface area contributed by atoms with E-state index in [1.54, 1.807) is 60.3 Å². The Morgan fingerprint density at radius 3 is 2.69 bits per heavy atom. The molecule has 2 unspecified atom stereocenters. The number of ether oxygens (including phenoxy) is 2. The molecular weight excluding hydrogens is 493 g/mol. The second kappa shape index (κ2) is 9.21. The predicted octanol–water partition coefficient (Wildman–Crippen LogP) is 5.24. The van der Waals surface area contributed by atoms with Crippen molar-refractivity contribution in [2.45, 2.75) is 29.9 Å². The van der Waals surface area contributed by atoms with Gasteiger partial charge in [0.2, 0.25) is 6.79 Å². The average Bonchev–Trinajstić information content (AvgIpc) is 3.48. The predicted molar refractivity (Wildman–Crippen MR) is 130 cm³/mol. The number of aliphatic hydroxyl groups is 1. The van der Waals surface area contributed by atoms with Gasteiger partial charge in [0.05, 0.1) is 11.6 Å². The Balaban J connectivity index is 1.64. The maximum absolute atomic E-state index is 14.8. The summed E-state index contributed by atoms with van der Waals surface area (Å²) in [7, 11) is 1.68. The van der Waals surface area contributed by atoms with Crippen LogP contribution in [0.15, 0.2) is 66.1 Å². The third-order valence-electron chi connectivity index (χ3n) is 6.08. The highest BCUT2D eigenvalue weighted by Gasteiger charge is 2.60. The van der Waals surface area contributed by atoms with Crippen LogP contribution in [0.25, 0.3) is 10.9 Å². The molecule has 0 radical (unpaired) electrons. The topological polar surface area (TPSA) is 81.4 Å². The smallest absolute Gasteiger partial charge is 0.420 e. The fraction of sp³-hybridized carbons (Fsp3) is 0.280. The Labute approximate surface area is 209 Å². The minimum absolute atomic E-state index is 0.122. The summed E-state index contributed by atoms with van der Waals surface area (Å²) < 4.78 is 56.9. The van der Waals surface area contributed by atoms with Crippen molar-refractivity contribution >= 4 is 28.4 Å². The molecule has 2 aromatic heterocycles. The van der Waals surface area contributed by atoms with Gasteiger partial charge in [-0.3, -0.25) is 4.98 Å². The summed E-state index contributed by atoms with van der Waals surface area (Å²) in [5.41, 5.74) is -1.30. The summed E-state index contributed by atoms with van der Waals surface area (Å²) in [6.45, 7) is 1.72. The van der Waals surface area contributed by atoms with Gasteiger partial charge in [-0.25, -0.2) is 4.98 Å². The monoisotopic (exact) mass is 516 g/mol. The summed E-state index contributed by atoms with van der Waals surface area (Å²) in [6.07, 6.45) is -1.89. The first-order chi connectivity index (χ1) is 17.2. The van der Waals surface area contributed by atoms with Crippen molar-refractivity contribution in [3.63, 3.8) is 0 Å². The summed E-state index contributed by atoms with van der Waals surface area (Å²) in [4.78, 5) is 8.58. The van der Waals surface area contributed by atoms with Crippen LogP contribution in [0.1, 0.15) is 17.3 Å². The zero-order valence-electron chi connectivity index (χ0n) is 19.4. The standard InChI is InChI=1S/C25H23F3N4O3S/c1-15-9-10-16-18(30-15)6-4-7-19(16)31-22(17-5-3-8-20-21(17)35-14-34-20)24(33,25(26,27)28)13-36-23-29-11-12-32(23)2/h3-12,22,31,33H,13-14H2,1-2H3. The van der Waals surface area contributed by atoms with Gasteiger partial charge in [0.15, 0.2) is 22.3 Å². The zero-order chi connectivity index (χ0) is 25.5. The number of fused-ring (bicyclic) bond motifs is 2. The van der Waals surface area contributed by atoms with E-state index in [-0.39, 0.29) is 18.1 Å². The third kappa shape index (κ3) is 4.33. The fourth-order valence-electron chi connectivity index (χ4n) is 4.17. The number of imidazole rings is 1. The van der Waals surface area contributed by atoms with Crippen LogP contribution in [-0.2, 0) is 7.05 Å². The van der Waals surface area contributed by atoms with Gasteiger partial charge in [-0.1, -0.05) is 30.0 Å². The quantitative estimate of drug-likeness (QED) is 0.325. The molecule has 2 aromatic carbocycles. The lowest BCUT2D eigenvalue weighted by molar-refractivity contribution is -0.256. The Morgan fingerprint density at radius 1 is 1.14 bits per heavy atom. The first kappa shape index (κ1) is 24.3. The van der Waals surface area contributed by atoms with Gasteiger partial charge in [-0.15, -0.1) is 0 Å². The molecule has 3 heterocycles. The molecule has 0 spiro atoms. The van der Waals surface area contributed by atoms with Crippen molar-refractivity contribution in [1.82, 2.24) is 14.5 Å². The SMILES string of the molecule is Cc1ccc2c(NC(c3cccc4c3OCO4)C(O)(CSc3nccn3C)C(F)(F)F)cccc2n1. The van der Waals surface area contributed by atoms with Crippen molar-refractivity contribution in [2.75, 3.05) is 17.9 Å².